The fourth-order valence-corrected chi connectivity index (χ4v) is 4.67. The van der Waals surface area contributed by atoms with Crippen LogP contribution in [0.25, 0.3) is 0 Å². The van der Waals surface area contributed by atoms with Crippen molar-refractivity contribution in [2.24, 2.45) is 17.8 Å². The van der Waals surface area contributed by atoms with Crippen molar-refractivity contribution in [3.05, 3.63) is 54.1 Å². The van der Waals surface area contributed by atoms with Crippen molar-refractivity contribution in [2.75, 3.05) is 13.1 Å². The van der Waals surface area contributed by atoms with E-state index in [1.807, 2.05) is 19.1 Å². The first-order valence-corrected chi connectivity index (χ1v) is 9.32. The van der Waals surface area contributed by atoms with Crippen LogP contribution in [-0.4, -0.2) is 25.8 Å². The quantitative estimate of drug-likeness (QED) is 0.784. The van der Waals surface area contributed by atoms with Gasteiger partial charge < -0.3 is 0 Å². The lowest BCUT2D eigenvalue weighted by molar-refractivity contribution is 0.467. The van der Waals surface area contributed by atoms with E-state index >= 15 is 0 Å². The Labute approximate surface area is 133 Å². The van der Waals surface area contributed by atoms with Gasteiger partial charge in [-0.05, 0) is 43.2 Å². The molecule has 0 aromatic heterocycles. The van der Waals surface area contributed by atoms with Crippen LogP contribution in [-0.2, 0) is 10.0 Å². The van der Waals surface area contributed by atoms with Crippen LogP contribution >= 0.6 is 0 Å². The molecule has 0 unspecified atom stereocenters. The van der Waals surface area contributed by atoms with E-state index in [4.69, 9.17) is 0 Å². The van der Waals surface area contributed by atoms with Crippen LogP contribution in [0.4, 0.5) is 0 Å². The van der Waals surface area contributed by atoms with E-state index in [1.54, 1.807) is 16.4 Å². The summed E-state index contributed by atoms with van der Waals surface area (Å²) >= 11 is 0. The van der Waals surface area contributed by atoms with Crippen LogP contribution in [0.5, 0.6) is 0 Å². The maximum atomic E-state index is 12.8. The van der Waals surface area contributed by atoms with Gasteiger partial charge in [0.15, 0.2) is 0 Å². The van der Waals surface area contributed by atoms with E-state index < -0.39 is 10.0 Å². The minimum atomic E-state index is -3.39. The molecule has 22 heavy (non-hydrogen) atoms. The van der Waals surface area contributed by atoms with Gasteiger partial charge in [-0.1, -0.05) is 48.9 Å². The Kier molecular flexibility index (Phi) is 4.24. The van der Waals surface area contributed by atoms with Gasteiger partial charge in [-0.2, -0.15) is 4.31 Å². The van der Waals surface area contributed by atoms with Crippen molar-refractivity contribution >= 4 is 10.0 Å². The van der Waals surface area contributed by atoms with Gasteiger partial charge in [0.2, 0.25) is 10.0 Å². The average molecular weight is 317 g/mol. The molecule has 3 nitrogen and oxygen atoms in total. The zero-order valence-electron chi connectivity index (χ0n) is 13.1. The molecule has 1 heterocycles. The molecular formula is C18H23NO2S. The van der Waals surface area contributed by atoms with E-state index in [1.165, 1.54) is 0 Å². The van der Waals surface area contributed by atoms with E-state index in [0.717, 1.165) is 12.0 Å². The predicted octanol–water partition coefficient (Wildman–Crippen LogP) is 3.38. The summed E-state index contributed by atoms with van der Waals surface area (Å²) in [7, 11) is -3.39. The Bertz CT molecular complexity index is 688. The van der Waals surface area contributed by atoms with Crippen molar-refractivity contribution in [2.45, 2.75) is 25.2 Å². The number of rotatable bonds is 2. The van der Waals surface area contributed by atoms with Gasteiger partial charge >= 0.3 is 0 Å². The highest BCUT2D eigenvalue weighted by Gasteiger charge is 2.37. The number of sulfonamides is 1. The van der Waals surface area contributed by atoms with Crippen molar-refractivity contribution in [3.8, 4) is 0 Å². The van der Waals surface area contributed by atoms with E-state index in [0.29, 0.717) is 35.7 Å². The number of nitrogens with zero attached hydrogens (tertiary/aromatic N) is 1. The number of hydrogen-bond donors (Lipinski definition) is 0. The predicted molar refractivity (Wildman–Crippen MR) is 89.0 cm³/mol. The SMILES string of the molecule is Cc1ccc(S(=O)(=O)N2C[C@H]3C=C[C@@H](C)C/C=C\[C@H]3C2)cc1. The van der Waals surface area contributed by atoms with Gasteiger partial charge in [-0.3, -0.25) is 0 Å². The average Bonchev–Trinajstić information content (AvgIpc) is 2.87. The minimum Gasteiger partial charge on any atom is -0.207 e. The molecule has 0 N–H and O–H groups in total. The molecule has 0 bridgehead atoms. The lowest BCUT2D eigenvalue weighted by Crippen LogP contribution is -2.29. The third-order valence-electron chi connectivity index (χ3n) is 4.62. The van der Waals surface area contributed by atoms with Gasteiger partial charge in [-0.15, -0.1) is 0 Å². The highest BCUT2D eigenvalue weighted by molar-refractivity contribution is 7.89. The van der Waals surface area contributed by atoms with Crippen molar-refractivity contribution in [1.29, 1.82) is 0 Å². The van der Waals surface area contributed by atoms with Crippen LogP contribution in [0.3, 0.4) is 0 Å². The number of benzene rings is 1. The standard InChI is InChI=1S/C18H23NO2S/c1-14-4-3-5-16-12-19(13-17(16)9-6-14)22(20,21)18-10-7-15(2)8-11-18/h3,5-11,14,16-17H,4,12-13H2,1-2H3/b5-3-,9-6?/t14-,16-,17+/m0/s1. The molecular weight excluding hydrogens is 294 g/mol. The molecule has 3 atom stereocenters. The molecule has 1 fully saturated rings. The molecule has 0 radical (unpaired) electrons. The van der Waals surface area contributed by atoms with Gasteiger partial charge in [0.1, 0.15) is 0 Å². The summed E-state index contributed by atoms with van der Waals surface area (Å²) in [4.78, 5) is 0.397. The Morgan fingerprint density at radius 1 is 1.00 bits per heavy atom. The van der Waals surface area contributed by atoms with Gasteiger partial charge in [0.25, 0.3) is 0 Å². The fraction of sp³-hybridized carbons (Fsp3) is 0.444. The van der Waals surface area contributed by atoms with Crippen LogP contribution in [0, 0.1) is 24.7 Å². The van der Waals surface area contributed by atoms with Gasteiger partial charge in [0, 0.05) is 13.1 Å². The lowest BCUT2D eigenvalue weighted by Gasteiger charge is -2.16. The third-order valence-corrected chi connectivity index (χ3v) is 6.46. The second-order valence-electron chi connectivity index (χ2n) is 6.49. The summed E-state index contributed by atoms with van der Waals surface area (Å²) in [5, 5.41) is 0. The normalized spacial score (nSPS) is 30.5. The zero-order valence-corrected chi connectivity index (χ0v) is 14.0. The fourth-order valence-electron chi connectivity index (χ4n) is 3.16. The molecule has 0 amide bonds. The number of allylic oxidation sites excluding steroid dienone is 2. The first-order valence-electron chi connectivity index (χ1n) is 7.88. The highest BCUT2D eigenvalue weighted by Crippen LogP contribution is 2.32. The molecule has 1 aromatic rings. The summed E-state index contributed by atoms with van der Waals surface area (Å²) in [5.41, 5.74) is 1.07. The van der Waals surface area contributed by atoms with Gasteiger partial charge in [0.05, 0.1) is 4.90 Å². The minimum absolute atomic E-state index is 0.291. The molecule has 2 aliphatic rings. The molecule has 1 aromatic carbocycles. The first-order chi connectivity index (χ1) is 10.5. The smallest absolute Gasteiger partial charge is 0.207 e. The largest absolute Gasteiger partial charge is 0.243 e. The van der Waals surface area contributed by atoms with E-state index in [9.17, 15) is 8.42 Å². The molecule has 1 saturated heterocycles. The van der Waals surface area contributed by atoms with Crippen molar-refractivity contribution < 1.29 is 8.42 Å². The number of hydrogen-bond acceptors (Lipinski definition) is 2. The lowest BCUT2D eigenvalue weighted by atomic mass is 9.90. The summed E-state index contributed by atoms with van der Waals surface area (Å²) in [6, 6.07) is 7.12. The number of fused-ring (bicyclic) bond motifs is 1. The van der Waals surface area contributed by atoms with Crippen molar-refractivity contribution in [1.82, 2.24) is 4.31 Å². The van der Waals surface area contributed by atoms with Crippen molar-refractivity contribution in [3.63, 3.8) is 0 Å². The Balaban J connectivity index is 1.84. The van der Waals surface area contributed by atoms with Crippen LogP contribution in [0.2, 0.25) is 0 Å². The molecule has 0 spiro atoms. The van der Waals surface area contributed by atoms with E-state index in [2.05, 4.69) is 31.2 Å². The maximum absolute atomic E-state index is 12.8. The van der Waals surface area contributed by atoms with Gasteiger partial charge in [-0.25, -0.2) is 8.42 Å². The highest BCUT2D eigenvalue weighted by atomic mass is 32.2. The van der Waals surface area contributed by atoms with Crippen LogP contribution < -0.4 is 0 Å². The number of aryl methyl sites for hydroxylation is 1. The molecule has 4 heteroatoms. The summed E-state index contributed by atoms with van der Waals surface area (Å²) in [6.45, 7) is 5.31. The summed E-state index contributed by atoms with van der Waals surface area (Å²) in [6.07, 6.45) is 9.88. The topological polar surface area (TPSA) is 37.4 Å². The summed E-state index contributed by atoms with van der Waals surface area (Å²) < 4.78 is 27.2. The summed E-state index contributed by atoms with van der Waals surface area (Å²) in [5.74, 6) is 1.11. The molecule has 1 aliphatic carbocycles. The first kappa shape index (κ1) is 15.5. The second kappa shape index (κ2) is 6.01. The zero-order chi connectivity index (χ0) is 15.7. The molecule has 1 aliphatic heterocycles. The monoisotopic (exact) mass is 317 g/mol. The van der Waals surface area contributed by atoms with Crippen LogP contribution in [0.15, 0.2) is 53.5 Å². The van der Waals surface area contributed by atoms with Crippen LogP contribution in [0.1, 0.15) is 18.9 Å². The Morgan fingerprint density at radius 2 is 1.64 bits per heavy atom. The molecule has 0 saturated carbocycles. The second-order valence-corrected chi connectivity index (χ2v) is 8.43. The Hall–Kier alpha value is -1.39. The maximum Gasteiger partial charge on any atom is 0.243 e. The molecule has 118 valence electrons. The van der Waals surface area contributed by atoms with E-state index in [-0.39, 0.29) is 0 Å². The Morgan fingerprint density at radius 3 is 2.32 bits per heavy atom. The third kappa shape index (κ3) is 3.03. The molecule has 3 rings (SSSR count).